The molecule has 0 bridgehead atoms. The Morgan fingerprint density at radius 3 is 2.53 bits per heavy atom. The Kier molecular flexibility index (Phi) is 5.20. The molecule has 184 valence electrons. The Morgan fingerprint density at radius 2 is 1.78 bits per heavy atom. The van der Waals surface area contributed by atoms with Gasteiger partial charge in [-0.2, -0.15) is 0 Å². The number of nitrogens with zero attached hydrogens (tertiary/aromatic N) is 1. The van der Waals surface area contributed by atoms with Crippen molar-refractivity contribution >= 4 is 11.6 Å². The first-order valence-electron chi connectivity index (χ1n) is 14.0. The first kappa shape index (κ1) is 22.4. The van der Waals surface area contributed by atoms with E-state index in [2.05, 4.69) is 42.2 Å². The highest BCUT2D eigenvalue weighted by molar-refractivity contribution is 5.93. The molecule has 1 aromatic carbocycles. The van der Waals surface area contributed by atoms with Crippen molar-refractivity contribution in [3.8, 4) is 11.1 Å². The molecule has 1 heterocycles. The molecule has 0 radical (unpaired) electrons. The molecular weight excluding hydrogens is 442 g/mol. The zero-order valence-electron chi connectivity index (χ0n) is 21.2. The van der Waals surface area contributed by atoms with Crippen molar-refractivity contribution in [3.63, 3.8) is 0 Å². The molecule has 3 nitrogen and oxygen atoms in total. The predicted molar refractivity (Wildman–Crippen MR) is 141 cm³/mol. The quantitative estimate of drug-likeness (QED) is 0.466. The molecule has 5 atom stereocenters. The first-order valence-corrected chi connectivity index (χ1v) is 14.0. The molecule has 2 aromatic rings. The maximum Gasteiger partial charge on any atom is 0.156 e. The van der Waals surface area contributed by atoms with Crippen molar-refractivity contribution in [2.24, 2.45) is 29.1 Å². The number of pyridine rings is 1. The molecular formula is C33H35NO2. The van der Waals surface area contributed by atoms with Crippen LogP contribution < -0.4 is 0 Å². The van der Waals surface area contributed by atoms with Crippen molar-refractivity contribution in [2.75, 3.05) is 0 Å². The Balaban J connectivity index is 1.33. The number of ketones is 2. The number of allylic oxidation sites excluding steroid dienone is 4. The van der Waals surface area contributed by atoms with Gasteiger partial charge in [0.15, 0.2) is 5.78 Å². The van der Waals surface area contributed by atoms with Crippen LogP contribution in [0, 0.1) is 29.1 Å². The van der Waals surface area contributed by atoms with E-state index < -0.39 is 0 Å². The highest BCUT2D eigenvalue weighted by Crippen LogP contribution is 2.66. The van der Waals surface area contributed by atoms with Gasteiger partial charge in [0.25, 0.3) is 0 Å². The van der Waals surface area contributed by atoms with Gasteiger partial charge in [-0.15, -0.1) is 0 Å². The Hall–Kier alpha value is -2.81. The van der Waals surface area contributed by atoms with Gasteiger partial charge in [0.1, 0.15) is 5.78 Å². The normalized spacial score (nSPS) is 33.5. The summed E-state index contributed by atoms with van der Waals surface area (Å²) in [5.74, 6) is 2.90. The number of carbonyl (C=O) groups is 2. The van der Waals surface area contributed by atoms with Crippen molar-refractivity contribution < 1.29 is 9.59 Å². The van der Waals surface area contributed by atoms with Gasteiger partial charge < -0.3 is 0 Å². The van der Waals surface area contributed by atoms with E-state index in [0.29, 0.717) is 41.7 Å². The van der Waals surface area contributed by atoms with Gasteiger partial charge in [0.2, 0.25) is 0 Å². The number of hydrogen-bond acceptors (Lipinski definition) is 3. The van der Waals surface area contributed by atoms with Gasteiger partial charge in [0, 0.05) is 36.6 Å². The molecule has 0 aliphatic heterocycles. The summed E-state index contributed by atoms with van der Waals surface area (Å²) < 4.78 is 0. The Bertz CT molecular complexity index is 1280. The summed E-state index contributed by atoms with van der Waals surface area (Å²) in [6.45, 7) is 2.46. The first-order chi connectivity index (χ1) is 17.5. The smallest absolute Gasteiger partial charge is 0.156 e. The Morgan fingerprint density at radius 1 is 0.944 bits per heavy atom. The largest absolute Gasteiger partial charge is 0.299 e. The third kappa shape index (κ3) is 3.49. The van der Waals surface area contributed by atoms with E-state index in [9.17, 15) is 9.59 Å². The fourth-order valence-electron chi connectivity index (χ4n) is 8.52. The van der Waals surface area contributed by atoms with Crippen molar-refractivity contribution in [1.29, 1.82) is 0 Å². The van der Waals surface area contributed by atoms with E-state index in [0.717, 1.165) is 50.5 Å². The maximum atomic E-state index is 13.5. The van der Waals surface area contributed by atoms with Crippen LogP contribution in [0.4, 0.5) is 0 Å². The number of Topliss-reactive ketones (excluding diaryl/α,β-unsaturated/α-hetero) is 1. The van der Waals surface area contributed by atoms with Crippen LogP contribution in [0.25, 0.3) is 11.1 Å². The number of carbonyl (C=O) groups excluding carboxylic acids is 2. The monoisotopic (exact) mass is 477 g/mol. The molecule has 5 aliphatic carbocycles. The topological polar surface area (TPSA) is 47.0 Å². The highest BCUT2D eigenvalue weighted by atomic mass is 16.1. The molecule has 0 N–H and O–H groups in total. The van der Waals surface area contributed by atoms with E-state index in [1.54, 1.807) is 5.57 Å². The summed E-state index contributed by atoms with van der Waals surface area (Å²) in [6.07, 6.45) is 14.9. The molecule has 36 heavy (non-hydrogen) atoms. The zero-order valence-corrected chi connectivity index (χ0v) is 21.2. The summed E-state index contributed by atoms with van der Waals surface area (Å²) in [5.41, 5.74) is 8.20. The number of rotatable bonds is 4. The third-order valence-corrected chi connectivity index (χ3v) is 10.4. The number of aromatic nitrogens is 1. The van der Waals surface area contributed by atoms with Crippen molar-refractivity contribution in [2.45, 2.75) is 70.6 Å². The van der Waals surface area contributed by atoms with Crippen molar-refractivity contribution in [3.05, 3.63) is 77.2 Å². The Labute approximate surface area is 214 Å². The fourth-order valence-corrected chi connectivity index (χ4v) is 8.52. The predicted octanol–water partition coefficient (Wildman–Crippen LogP) is 7.24. The standard InChI is InChI=1S/C33H35NO2/c1-33-18-28(21-6-4-20(5-7-21)24-3-2-16-34-19-24)31-26-13-11-25(35)17-23(26)10-12-27(31)29(33)14-15-30(33)32(36)22-8-9-22/h2-7,16-17,19,22,27-30H,8-15,18H2,1H3/t27-,28?,29-,30?,33-/m0/s1. The van der Waals surface area contributed by atoms with Crippen LogP contribution in [0.1, 0.15) is 76.2 Å². The summed E-state index contributed by atoms with van der Waals surface area (Å²) >= 11 is 0. The molecule has 3 heteroatoms. The van der Waals surface area contributed by atoms with Crippen LogP contribution >= 0.6 is 0 Å². The lowest BCUT2D eigenvalue weighted by atomic mass is 9.51. The number of benzene rings is 1. The van der Waals surface area contributed by atoms with Gasteiger partial charge in [0.05, 0.1) is 0 Å². The van der Waals surface area contributed by atoms with Gasteiger partial charge >= 0.3 is 0 Å². The lowest BCUT2D eigenvalue weighted by Gasteiger charge is -2.52. The van der Waals surface area contributed by atoms with Gasteiger partial charge in [-0.05, 0) is 109 Å². The minimum atomic E-state index is 0.0762. The number of hydrogen-bond donors (Lipinski definition) is 0. The second-order valence-electron chi connectivity index (χ2n) is 12.3. The molecule has 1 aromatic heterocycles. The summed E-state index contributed by atoms with van der Waals surface area (Å²) in [7, 11) is 0. The van der Waals surface area contributed by atoms with E-state index in [4.69, 9.17) is 0 Å². The number of fused-ring (bicyclic) bond motifs is 4. The van der Waals surface area contributed by atoms with Gasteiger partial charge in [-0.1, -0.05) is 42.8 Å². The summed E-state index contributed by atoms with van der Waals surface area (Å²) in [4.78, 5) is 30.0. The van der Waals surface area contributed by atoms with Crippen LogP contribution in [0.15, 0.2) is 71.6 Å². The van der Waals surface area contributed by atoms with E-state index in [1.807, 2.05) is 24.5 Å². The average Bonchev–Trinajstić information content (AvgIpc) is 3.70. The van der Waals surface area contributed by atoms with Crippen LogP contribution in [0.5, 0.6) is 0 Å². The summed E-state index contributed by atoms with van der Waals surface area (Å²) in [6, 6.07) is 13.2. The molecule has 0 saturated heterocycles. The van der Waals surface area contributed by atoms with Crippen LogP contribution in [-0.2, 0) is 9.59 Å². The lowest BCUT2D eigenvalue weighted by molar-refractivity contribution is -0.128. The molecule has 0 amide bonds. The summed E-state index contributed by atoms with van der Waals surface area (Å²) in [5, 5.41) is 0. The highest BCUT2D eigenvalue weighted by Gasteiger charge is 2.59. The third-order valence-electron chi connectivity index (χ3n) is 10.4. The van der Waals surface area contributed by atoms with Gasteiger partial charge in [-0.25, -0.2) is 0 Å². The van der Waals surface area contributed by atoms with Crippen LogP contribution in [-0.4, -0.2) is 16.6 Å². The van der Waals surface area contributed by atoms with E-state index >= 15 is 0 Å². The molecule has 2 unspecified atom stereocenters. The molecule has 7 rings (SSSR count). The molecule has 0 spiro atoms. The SMILES string of the molecule is C[C@]12CC(c3ccc(-c4cccnc4)cc3)C3=C4CCC(=O)C=C4CC[C@H]3[C@@H]1CCC2C(=O)C1CC1. The molecule has 5 aliphatic rings. The van der Waals surface area contributed by atoms with Crippen LogP contribution in [0.3, 0.4) is 0 Å². The van der Waals surface area contributed by atoms with E-state index in [1.165, 1.54) is 28.7 Å². The zero-order chi connectivity index (χ0) is 24.4. The fraction of sp³-hybridized carbons (Fsp3) is 0.485. The molecule has 3 saturated carbocycles. The van der Waals surface area contributed by atoms with Crippen LogP contribution in [0.2, 0.25) is 0 Å². The lowest BCUT2D eigenvalue weighted by Crippen LogP contribution is -2.45. The second kappa shape index (κ2) is 8.36. The minimum Gasteiger partial charge on any atom is -0.299 e. The maximum absolute atomic E-state index is 13.5. The second-order valence-corrected chi connectivity index (χ2v) is 12.3. The molecule has 3 fully saturated rings. The van der Waals surface area contributed by atoms with Crippen molar-refractivity contribution in [1.82, 2.24) is 4.98 Å². The van der Waals surface area contributed by atoms with Gasteiger partial charge in [-0.3, -0.25) is 14.6 Å². The van der Waals surface area contributed by atoms with E-state index in [-0.39, 0.29) is 11.3 Å². The minimum absolute atomic E-state index is 0.0762. The average molecular weight is 478 g/mol.